The number of hydrogen-bond acceptors (Lipinski definition) is 4. The molecule has 0 saturated carbocycles. The van der Waals surface area contributed by atoms with Crippen LogP contribution in [0.1, 0.15) is 16.8 Å². The molecule has 0 aliphatic carbocycles. The number of nitrogens with one attached hydrogen (secondary N) is 1. The fourth-order valence-electron chi connectivity index (χ4n) is 1.69. The Morgan fingerprint density at radius 3 is 2.84 bits per heavy atom. The van der Waals surface area contributed by atoms with Crippen molar-refractivity contribution in [3.63, 3.8) is 0 Å². The predicted molar refractivity (Wildman–Crippen MR) is 62.9 cm³/mol. The van der Waals surface area contributed by atoms with E-state index in [1.807, 2.05) is 0 Å². The highest BCUT2D eigenvalue weighted by atomic mass is 35.5. The number of imide groups is 1. The summed E-state index contributed by atoms with van der Waals surface area (Å²) in [6, 6.07) is -0.0420. The molecule has 0 bridgehead atoms. The summed E-state index contributed by atoms with van der Waals surface area (Å²) >= 11 is 5.67. The molecule has 6 nitrogen and oxygen atoms in total. The van der Waals surface area contributed by atoms with Gasteiger partial charge in [-0.3, -0.25) is 19.3 Å². The minimum atomic E-state index is -0.954. The second kappa shape index (κ2) is 4.93. The Balaban J connectivity index is 2.16. The largest absolute Gasteiger partial charge is 0.340 e. The second-order valence-electron chi connectivity index (χ2n) is 4.01. The molecule has 1 saturated heterocycles. The van der Waals surface area contributed by atoms with Crippen molar-refractivity contribution in [3.05, 3.63) is 28.8 Å². The van der Waals surface area contributed by atoms with E-state index in [1.165, 1.54) is 7.05 Å². The lowest BCUT2D eigenvalue weighted by atomic mass is 10.2. The summed E-state index contributed by atoms with van der Waals surface area (Å²) in [4.78, 5) is 39.2. The quantitative estimate of drug-likeness (QED) is 0.628. The SMILES string of the molecule is CN1C(=O)CC(NC(=O)c2cc(F)cnc2Cl)C1=O. The molecule has 2 heterocycles. The molecule has 1 N–H and O–H groups in total. The van der Waals surface area contributed by atoms with E-state index in [0.717, 1.165) is 17.2 Å². The van der Waals surface area contributed by atoms with Crippen LogP contribution < -0.4 is 5.32 Å². The molecule has 19 heavy (non-hydrogen) atoms. The Morgan fingerprint density at radius 2 is 2.26 bits per heavy atom. The Hall–Kier alpha value is -2.02. The predicted octanol–water partition coefficient (Wildman–Crippen LogP) is 0.361. The molecule has 1 atom stereocenters. The van der Waals surface area contributed by atoms with E-state index in [4.69, 9.17) is 11.6 Å². The van der Waals surface area contributed by atoms with Crippen LogP contribution in [0.3, 0.4) is 0 Å². The van der Waals surface area contributed by atoms with Crippen molar-refractivity contribution in [2.45, 2.75) is 12.5 Å². The number of rotatable bonds is 2. The van der Waals surface area contributed by atoms with E-state index >= 15 is 0 Å². The number of carbonyl (C=O) groups is 3. The van der Waals surface area contributed by atoms with Crippen LogP contribution in [0.2, 0.25) is 5.15 Å². The molecule has 1 aliphatic rings. The third-order valence-electron chi connectivity index (χ3n) is 2.74. The standard InChI is InChI=1S/C11H9ClFN3O3/c1-16-8(17)3-7(11(16)19)15-10(18)6-2-5(13)4-14-9(6)12/h2,4,7H,3H2,1H3,(H,15,18). The molecule has 100 valence electrons. The molecule has 8 heteroatoms. The van der Waals surface area contributed by atoms with E-state index in [0.29, 0.717) is 0 Å². The smallest absolute Gasteiger partial charge is 0.255 e. The molecule has 2 rings (SSSR count). The van der Waals surface area contributed by atoms with E-state index < -0.39 is 29.6 Å². The lowest BCUT2D eigenvalue weighted by Crippen LogP contribution is -2.40. The summed E-state index contributed by atoms with van der Waals surface area (Å²) < 4.78 is 13.0. The maximum atomic E-state index is 13.0. The zero-order valence-corrected chi connectivity index (χ0v) is 10.6. The van der Waals surface area contributed by atoms with Crippen LogP contribution in [-0.4, -0.2) is 40.7 Å². The topological polar surface area (TPSA) is 79.4 Å². The third kappa shape index (κ3) is 2.55. The van der Waals surface area contributed by atoms with E-state index in [-0.39, 0.29) is 17.1 Å². The number of amides is 3. The van der Waals surface area contributed by atoms with Crippen LogP contribution in [0.5, 0.6) is 0 Å². The van der Waals surface area contributed by atoms with Gasteiger partial charge in [-0.25, -0.2) is 9.37 Å². The highest BCUT2D eigenvalue weighted by molar-refractivity contribution is 6.32. The van der Waals surface area contributed by atoms with Gasteiger partial charge in [-0.05, 0) is 6.07 Å². The van der Waals surface area contributed by atoms with Gasteiger partial charge in [0.05, 0.1) is 18.2 Å². The van der Waals surface area contributed by atoms with E-state index in [9.17, 15) is 18.8 Å². The number of aromatic nitrogens is 1. The van der Waals surface area contributed by atoms with Gasteiger partial charge in [-0.2, -0.15) is 0 Å². The van der Waals surface area contributed by atoms with Crippen LogP contribution in [-0.2, 0) is 9.59 Å². The molecular weight excluding hydrogens is 277 g/mol. The molecule has 3 amide bonds. The van der Waals surface area contributed by atoms with Gasteiger partial charge in [0, 0.05) is 7.05 Å². The van der Waals surface area contributed by atoms with Gasteiger partial charge in [0.15, 0.2) is 0 Å². The van der Waals surface area contributed by atoms with Crippen LogP contribution in [0.25, 0.3) is 0 Å². The lowest BCUT2D eigenvalue weighted by Gasteiger charge is -2.11. The van der Waals surface area contributed by atoms with Gasteiger partial charge >= 0.3 is 0 Å². The Morgan fingerprint density at radius 1 is 1.58 bits per heavy atom. The lowest BCUT2D eigenvalue weighted by molar-refractivity contribution is -0.137. The number of hydrogen-bond donors (Lipinski definition) is 1. The van der Waals surface area contributed by atoms with Crippen molar-refractivity contribution in [1.29, 1.82) is 0 Å². The number of nitrogens with zero attached hydrogens (tertiary/aromatic N) is 2. The summed E-state index contributed by atoms with van der Waals surface area (Å²) in [6.45, 7) is 0. The molecule has 1 fully saturated rings. The molecule has 1 aromatic rings. The zero-order chi connectivity index (χ0) is 14.2. The highest BCUT2D eigenvalue weighted by Gasteiger charge is 2.37. The van der Waals surface area contributed by atoms with Crippen molar-refractivity contribution in [2.75, 3.05) is 7.05 Å². The summed E-state index contributed by atoms with van der Waals surface area (Å²) in [5, 5.41) is 2.15. The van der Waals surface area contributed by atoms with Crippen LogP contribution in [0.4, 0.5) is 4.39 Å². The molecule has 1 unspecified atom stereocenters. The summed E-state index contributed by atoms with van der Waals surface area (Å²) in [5.41, 5.74) is -0.184. The zero-order valence-electron chi connectivity index (χ0n) is 9.81. The first kappa shape index (κ1) is 13.4. The number of pyridine rings is 1. The minimum Gasteiger partial charge on any atom is -0.340 e. The first-order chi connectivity index (χ1) is 8.90. The third-order valence-corrected chi connectivity index (χ3v) is 3.04. The van der Waals surface area contributed by atoms with Crippen molar-refractivity contribution >= 4 is 29.3 Å². The van der Waals surface area contributed by atoms with Crippen molar-refractivity contribution < 1.29 is 18.8 Å². The van der Waals surface area contributed by atoms with Gasteiger partial charge < -0.3 is 5.32 Å². The molecule has 1 aliphatic heterocycles. The molecule has 0 spiro atoms. The van der Waals surface area contributed by atoms with Crippen molar-refractivity contribution in [1.82, 2.24) is 15.2 Å². The number of carbonyl (C=O) groups excluding carboxylic acids is 3. The second-order valence-corrected chi connectivity index (χ2v) is 4.37. The fraction of sp³-hybridized carbons (Fsp3) is 0.273. The van der Waals surface area contributed by atoms with Crippen LogP contribution >= 0.6 is 11.6 Å². The Bertz CT molecular complexity index is 578. The monoisotopic (exact) mass is 285 g/mol. The minimum absolute atomic E-state index is 0.124. The maximum absolute atomic E-state index is 13.0. The van der Waals surface area contributed by atoms with E-state index in [1.54, 1.807) is 0 Å². The number of likely N-dealkylation sites (tertiary alicyclic amines) is 1. The molecule has 0 aromatic carbocycles. The van der Waals surface area contributed by atoms with Gasteiger partial charge in [0.2, 0.25) is 5.91 Å². The fourth-order valence-corrected chi connectivity index (χ4v) is 1.88. The molecular formula is C11H9ClFN3O3. The molecule has 0 radical (unpaired) electrons. The summed E-state index contributed by atoms with van der Waals surface area (Å²) in [6.07, 6.45) is 0.749. The average Bonchev–Trinajstić information content (AvgIpc) is 2.60. The number of likely N-dealkylation sites (N-methyl/N-ethyl adjacent to an activating group) is 1. The summed E-state index contributed by atoms with van der Waals surface area (Å²) in [7, 11) is 1.33. The average molecular weight is 286 g/mol. The highest BCUT2D eigenvalue weighted by Crippen LogP contribution is 2.16. The van der Waals surface area contributed by atoms with Gasteiger partial charge in [-0.1, -0.05) is 11.6 Å². The Kier molecular flexibility index (Phi) is 3.48. The van der Waals surface area contributed by atoms with Crippen LogP contribution in [0, 0.1) is 5.82 Å². The van der Waals surface area contributed by atoms with E-state index in [2.05, 4.69) is 10.3 Å². The van der Waals surface area contributed by atoms with Gasteiger partial charge in [-0.15, -0.1) is 0 Å². The van der Waals surface area contributed by atoms with Gasteiger partial charge in [0.25, 0.3) is 11.8 Å². The van der Waals surface area contributed by atoms with Gasteiger partial charge in [0.1, 0.15) is 17.0 Å². The maximum Gasteiger partial charge on any atom is 0.255 e. The number of halogens is 2. The summed E-state index contributed by atoms with van der Waals surface area (Å²) in [5.74, 6) is -2.38. The van der Waals surface area contributed by atoms with Crippen molar-refractivity contribution in [3.8, 4) is 0 Å². The first-order valence-electron chi connectivity index (χ1n) is 5.32. The Labute approximate surface area is 112 Å². The normalized spacial score (nSPS) is 18.9. The van der Waals surface area contributed by atoms with Crippen LogP contribution in [0.15, 0.2) is 12.3 Å². The van der Waals surface area contributed by atoms with Crippen molar-refractivity contribution in [2.24, 2.45) is 0 Å². The first-order valence-corrected chi connectivity index (χ1v) is 5.70. The molecule has 1 aromatic heterocycles.